The van der Waals surface area contributed by atoms with Gasteiger partial charge in [0.1, 0.15) is 6.04 Å². The smallest absolute Gasteiger partial charge is 0.322 e. The lowest BCUT2D eigenvalue weighted by atomic mass is 9.95. The van der Waals surface area contributed by atoms with Gasteiger partial charge in [0.05, 0.1) is 37.1 Å². The molecule has 1 aromatic rings. The fourth-order valence-corrected chi connectivity index (χ4v) is 4.76. The summed E-state index contributed by atoms with van der Waals surface area (Å²) in [5.74, 6) is -0.299. The van der Waals surface area contributed by atoms with Crippen molar-refractivity contribution in [1.29, 1.82) is 0 Å². The zero-order chi connectivity index (χ0) is 23.7. The Hall–Kier alpha value is -2.62. The lowest BCUT2D eigenvalue weighted by Crippen LogP contribution is -2.56. The van der Waals surface area contributed by atoms with Crippen molar-refractivity contribution in [1.82, 2.24) is 25.6 Å². The Morgan fingerprint density at radius 1 is 1.24 bits per heavy atom. The first kappa shape index (κ1) is 23.5. The highest BCUT2D eigenvalue weighted by Crippen LogP contribution is 2.39. The second kappa shape index (κ2) is 9.70. The van der Waals surface area contributed by atoms with Crippen molar-refractivity contribution >= 4 is 29.4 Å². The highest BCUT2D eigenvalue weighted by atomic mass is 35.5. The van der Waals surface area contributed by atoms with Gasteiger partial charge < -0.3 is 15.0 Å². The van der Waals surface area contributed by atoms with E-state index in [9.17, 15) is 14.4 Å². The van der Waals surface area contributed by atoms with Crippen LogP contribution in [0.5, 0.6) is 0 Å². The van der Waals surface area contributed by atoms with E-state index >= 15 is 0 Å². The standard InChI is InChI=1S/C23H30ClN5O4/c1-14(2)12-17(21(30)26-28-8-10-33-11-9-28)29-13-18-19(22(29)31)20(25-23(32)27(18)3)15-6-4-5-7-16(15)24/h4-7,14,17,20H,8-13H2,1-3H3,(H,25,32)(H,26,30)/t17-,20-/m0/s1. The first-order valence-electron chi connectivity index (χ1n) is 11.2. The van der Waals surface area contributed by atoms with Crippen LogP contribution in [-0.4, -0.2) is 78.6 Å². The molecule has 10 heteroatoms. The van der Waals surface area contributed by atoms with Gasteiger partial charge in [-0.05, 0) is 24.0 Å². The minimum atomic E-state index is -0.670. The molecular weight excluding hydrogens is 446 g/mol. The van der Waals surface area contributed by atoms with Gasteiger partial charge in [0.15, 0.2) is 0 Å². The number of morpholine rings is 1. The topological polar surface area (TPSA) is 94.2 Å². The summed E-state index contributed by atoms with van der Waals surface area (Å²) in [6, 6.07) is 5.51. The zero-order valence-electron chi connectivity index (χ0n) is 19.1. The summed E-state index contributed by atoms with van der Waals surface area (Å²) in [4.78, 5) is 42.8. The number of urea groups is 1. The molecule has 33 heavy (non-hydrogen) atoms. The number of carbonyl (C=O) groups is 3. The molecule has 0 radical (unpaired) electrons. The predicted octanol–water partition coefficient (Wildman–Crippen LogP) is 1.91. The van der Waals surface area contributed by atoms with Gasteiger partial charge in [0.2, 0.25) is 0 Å². The molecular formula is C23H30ClN5O4. The maximum absolute atomic E-state index is 13.7. The average molecular weight is 476 g/mol. The van der Waals surface area contributed by atoms with Crippen molar-refractivity contribution in [3.8, 4) is 0 Å². The van der Waals surface area contributed by atoms with Crippen LogP contribution in [0.3, 0.4) is 0 Å². The van der Waals surface area contributed by atoms with E-state index in [0.717, 1.165) is 0 Å². The van der Waals surface area contributed by atoms with Gasteiger partial charge in [0, 0.05) is 25.2 Å². The van der Waals surface area contributed by atoms with Gasteiger partial charge in [-0.1, -0.05) is 43.6 Å². The molecule has 4 amide bonds. The summed E-state index contributed by atoms with van der Waals surface area (Å²) in [7, 11) is 1.63. The van der Waals surface area contributed by atoms with Crippen LogP contribution >= 0.6 is 11.6 Å². The predicted molar refractivity (Wildman–Crippen MR) is 123 cm³/mol. The first-order chi connectivity index (χ1) is 15.8. The molecule has 0 saturated carbocycles. The number of hydrogen-bond donors (Lipinski definition) is 2. The first-order valence-corrected chi connectivity index (χ1v) is 11.6. The molecule has 178 valence electrons. The van der Waals surface area contributed by atoms with Crippen LogP contribution in [0.25, 0.3) is 0 Å². The Bertz CT molecular complexity index is 975. The molecule has 0 unspecified atom stereocenters. The Kier molecular flexibility index (Phi) is 6.92. The van der Waals surface area contributed by atoms with Gasteiger partial charge in [-0.15, -0.1) is 0 Å². The summed E-state index contributed by atoms with van der Waals surface area (Å²) >= 11 is 6.41. The molecule has 2 N–H and O–H groups in total. The van der Waals surface area contributed by atoms with Gasteiger partial charge in [-0.2, -0.15) is 0 Å². The number of nitrogens with zero attached hydrogens (tertiary/aromatic N) is 3. The SMILES string of the molecule is CC(C)C[C@@H](C(=O)NN1CCOCC1)N1CC2=C(C1=O)[C@H](c1ccccc1Cl)NC(=O)N2C. The number of hydrazine groups is 1. The van der Waals surface area contributed by atoms with E-state index in [0.29, 0.717) is 54.6 Å². The van der Waals surface area contributed by atoms with Crippen molar-refractivity contribution in [2.24, 2.45) is 5.92 Å². The number of hydrogen-bond acceptors (Lipinski definition) is 5. The number of rotatable bonds is 6. The van der Waals surface area contributed by atoms with Crippen molar-refractivity contribution in [2.75, 3.05) is 39.9 Å². The van der Waals surface area contributed by atoms with Crippen LogP contribution in [0.15, 0.2) is 35.5 Å². The number of benzene rings is 1. The quantitative estimate of drug-likeness (QED) is 0.655. The van der Waals surface area contributed by atoms with Gasteiger partial charge >= 0.3 is 6.03 Å². The minimum Gasteiger partial charge on any atom is -0.379 e. The van der Waals surface area contributed by atoms with E-state index < -0.39 is 12.1 Å². The molecule has 0 spiro atoms. The molecule has 0 aliphatic carbocycles. The summed E-state index contributed by atoms with van der Waals surface area (Å²) in [5, 5.41) is 5.19. The Morgan fingerprint density at radius 2 is 1.94 bits per heavy atom. The second-order valence-corrected chi connectivity index (χ2v) is 9.38. The van der Waals surface area contributed by atoms with Crippen LogP contribution in [0, 0.1) is 5.92 Å². The average Bonchev–Trinajstić information content (AvgIpc) is 3.13. The molecule has 1 fully saturated rings. The zero-order valence-corrected chi connectivity index (χ0v) is 19.9. The number of nitrogens with one attached hydrogen (secondary N) is 2. The van der Waals surface area contributed by atoms with Crippen molar-refractivity contribution in [2.45, 2.75) is 32.4 Å². The second-order valence-electron chi connectivity index (χ2n) is 8.98. The van der Waals surface area contributed by atoms with Gasteiger partial charge in [-0.25, -0.2) is 9.80 Å². The van der Waals surface area contributed by atoms with E-state index in [4.69, 9.17) is 16.3 Å². The minimum absolute atomic E-state index is 0.187. The molecule has 0 bridgehead atoms. The molecule has 2 atom stereocenters. The van der Waals surface area contributed by atoms with Crippen molar-refractivity contribution in [3.63, 3.8) is 0 Å². The van der Waals surface area contributed by atoms with Gasteiger partial charge in [0.25, 0.3) is 11.8 Å². The summed E-state index contributed by atoms with van der Waals surface area (Å²) in [6.45, 7) is 6.51. The molecule has 3 heterocycles. The third-order valence-electron chi connectivity index (χ3n) is 6.26. The summed E-state index contributed by atoms with van der Waals surface area (Å²) < 4.78 is 5.35. The van der Waals surface area contributed by atoms with Crippen molar-refractivity contribution in [3.05, 3.63) is 46.1 Å². The number of amides is 4. The highest BCUT2D eigenvalue weighted by Gasteiger charge is 2.46. The van der Waals surface area contributed by atoms with Gasteiger partial charge in [-0.3, -0.25) is 19.9 Å². The number of halogens is 1. The van der Waals surface area contributed by atoms with Crippen LogP contribution in [-0.2, 0) is 14.3 Å². The van der Waals surface area contributed by atoms with E-state index in [1.165, 1.54) is 4.90 Å². The molecule has 4 rings (SSSR count). The van der Waals surface area contributed by atoms with Crippen LogP contribution in [0.1, 0.15) is 31.9 Å². The third-order valence-corrected chi connectivity index (χ3v) is 6.60. The Morgan fingerprint density at radius 3 is 2.61 bits per heavy atom. The number of ether oxygens (including phenoxy) is 1. The normalized spacial score (nSPS) is 22.5. The molecule has 1 aromatic carbocycles. The van der Waals surface area contributed by atoms with Crippen LogP contribution in [0.2, 0.25) is 5.02 Å². The van der Waals surface area contributed by atoms with E-state index in [2.05, 4.69) is 10.7 Å². The lowest BCUT2D eigenvalue weighted by Gasteiger charge is -2.33. The molecule has 3 aliphatic rings. The molecule has 1 saturated heterocycles. The van der Waals surface area contributed by atoms with E-state index in [-0.39, 0.29) is 30.3 Å². The Labute approximate surface area is 198 Å². The molecule has 9 nitrogen and oxygen atoms in total. The van der Waals surface area contributed by atoms with E-state index in [1.54, 1.807) is 30.1 Å². The largest absolute Gasteiger partial charge is 0.379 e. The Balaban J connectivity index is 1.63. The highest BCUT2D eigenvalue weighted by molar-refractivity contribution is 6.31. The number of likely N-dealkylation sites (N-methyl/N-ethyl adjacent to an activating group) is 1. The fraction of sp³-hybridized carbons (Fsp3) is 0.522. The maximum atomic E-state index is 13.7. The summed E-state index contributed by atoms with van der Waals surface area (Å²) in [5.41, 5.74) is 4.67. The van der Waals surface area contributed by atoms with E-state index in [1.807, 2.05) is 24.9 Å². The van der Waals surface area contributed by atoms with Crippen LogP contribution in [0.4, 0.5) is 4.79 Å². The monoisotopic (exact) mass is 475 g/mol. The lowest BCUT2D eigenvalue weighted by molar-refractivity contribution is -0.141. The summed E-state index contributed by atoms with van der Waals surface area (Å²) in [6.07, 6.45) is 0.504. The maximum Gasteiger partial charge on any atom is 0.322 e. The molecule has 0 aromatic heterocycles. The molecule has 3 aliphatic heterocycles. The van der Waals surface area contributed by atoms with Crippen molar-refractivity contribution < 1.29 is 19.1 Å². The fourth-order valence-electron chi connectivity index (χ4n) is 4.51. The third kappa shape index (κ3) is 4.71. The number of carbonyl (C=O) groups excluding carboxylic acids is 3. The van der Waals surface area contributed by atoms with Crippen LogP contribution < -0.4 is 10.7 Å².